The Hall–Kier alpha value is -0.0800. The highest BCUT2D eigenvalue weighted by Gasteiger charge is 2.12. The summed E-state index contributed by atoms with van der Waals surface area (Å²) in [6, 6.07) is 0. The first-order valence-electron chi connectivity index (χ1n) is 8.04. The summed E-state index contributed by atoms with van der Waals surface area (Å²) in [6.45, 7) is 10.2. The molecular weight excluding hydrogens is 220 g/mol. The normalized spacial score (nSPS) is 18.2. The van der Waals surface area contributed by atoms with Gasteiger partial charge >= 0.3 is 0 Å². The molecule has 2 nitrogen and oxygen atoms in total. The Morgan fingerprint density at radius 1 is 0.889 bits per heavy atom. The summed E-state index contributed by atoms with van der Waals surface area (Å²) in [5.41, 5.74) is 0.265. The molecule has 1 aliphatic rings. The minimum absolute atomic E-state index is 0.265. The van der Waals surface area contributed by atoms with Gasteiger partial charge in [-0.15, -0.1) is 0 Å². The van der Waals surface area contributed by atoms with Crippen molar-refractivity contribution in [1.82, 2.24) is 10.6 Å². The summed E-state index contributed by atoms with van der Waals surface area (Å²) in [4.78, 5) is 0. The van der Waals surface area contributed by atoms with Crippen LogP contribution in [0, 0.1) is 5.92 Å². The molecule has 0 radical (unpaired) electrons. The van der Waals surface area contributed by atoms with Gasteiger partial charge in [-0.25, -0.2) is 0 Å². The number of hydrogen-bond acceptors (Lipinski definition) is 2. The Labute approximate surface area is 114 Å². The molecule has 2 heteroatoms. The first-order chi connectivity index (χ1) is 8.58. The molecule has 0 amide bonds. The highest BCUT2D eigenvalue weighted by atomic mass is 14.9. The fourth-order valence-electron chi connectivity index (χ4n) is 2.79. The van der Waals surface area contributed by atoms with E-state index in [1.165, 1.54) is 57.9 Å². The van der Waals surface area contributed by atoms with Crippen LogP contribution in [0.3, 0.4) is 0 Å². The Bertz CT molecular complexity index is 190. The summed E-state index contributed by atoms with van der Waals surface area (Å²) in [5, 5.41) is 7.10. The predicted octanol–water partition coefficient (Wildman–Crippen LogP) is 3.71. The van der Waals surface area contributed by atoms with Gasteiger partial charge in [0.1, 0.15) is 0 Å². The van der Waals surface area contributed by atoms with E-state index in [0.717, 1.165) is 19.0 Å². The van der Waals surface area contributed by atoms with Crippen molar-refractivity contribution in [3.63, 3.8) is 0 Å². The lowest BCUT2D eigenvalue weighted by atomic mass is 9.86. The zero-order chi connectivity index (χ0) is 13.3. The Morgan fingerprint density at radius 2 is 1.56 bits per heavy atom. The van der Waals surface area contributed by atoms with Gasteiger partial charge in [0.2, 0.25) is 0 Å². The minimum atomic E-state index is 0.265. The molecule has 1 aliphatic carbocycles. The first kappa shape index (κ1) is 16.0. The second-order valence-electron chi connectivity index (χ2n) is 6.93. The summed E-state index contributed by atoms with van der Waals surface area (Å²) in [5.74, 6) is 1.04. The van der Waals surface area contributed by atoms with Crippen LogP contribution in [0.2, 0.25) is 0 Å². The molecule has 0 bridgehead atoms. The van der Waals surface area contributed by atoms with Crippen LogP contribution in [-0.4, -0.2) is 25.2 Å². The molecular formula is C16H34N2. The summed E-state index contributed by atoms with van der Waals surface area (Å²) >= 11 is 0. The standard InChI is InChI=1S/C16H34N2/c1-16(2,3)18-14-8-13-17-12-7-11-15-9-5-4-6-10-15/h15,17-18H,4-14H2,1-3H3. The quantitative estimate of drug-likeness (QED) is 0.645. The third kappa shape index (κ3) is 8.93. The predicted molar refractivity (Wildman–Crippen MR) is 81.1 cm³/mol. The van der Waals surface area contributed by atoms with E-state index in [9.17, 15) is 0 Å². The number of hydrogen-bond donors (Lipinski definition) is 2. The van der Waals surface area contributed by atoms with Crippen molar-refractivity contribution >= 4 is 0 Å². The van der Waals surface area contributed by atoms with E-state index in [0.29, 0.717) is 0 Å². The van der Waals surface area contributed by atoms with Crippen LogP contribution in [0.5, 0.6) is 0 Å². The van der Waals surface area contributed by atoms with Crippen molar-refractivity contribution in [2.24, 2.45) is 5.92 Å². The smallest absolute Gasteiger partial charge is 0.00965 e. The van der Waals surface area contributed by atoms with E-state index >= 15 is 0 Å². The second kappa shape index (κ2) is 8.92. The first-order valence-corrected chi connectivity index (χ1v) is 8.04. The molecule has 0 aliphatic heterocycles. The minimum Gasteiger partial charge on any atom is -0.317 e. The van der Waals surface area contributed by atoms with E-state index in [2.05, 4.69) is 31.4 Å². The molecule has 0 aromatic heterocycles. The number of rotatable bonds is 8. The van der Waals surface area contributed by atoms with Crippen LogP contribution in [-0.2, 0) is 0 Å². The van der Waals surface area contributed by atoms with Crippen molar-refractivity contribution in [2.45, 2.75) is 77.7 Å². The van der Waals surface area contributed by atoms with E-state index in [1.54, 1.807) is 0 Å². The van der Waals surface area contributed by atoms with Gasteiger partial charge in [-0.05, 0) is 65.6 Å². The zero-order valence-corrected chi connectivity index (χ0v) is 12.9. The average molecular weight is 254 g/mol. The third-order valence-electron chi connectivity index (χ3n) is 3.88. The molecule has 0 atom stereocenters. The molecule has 0 unspecified atom stereocenters. The van der Waals surface area contributed by atoms with Gasteiger partial charge in [0.15, 0.2) is 0 Å². The summed E-state index contributed by atoms with van der Waals surface area (Å²) in [6.07, 6.45) is 11.5. The maximum Gasteiger partial charge on any atom is 0.00965 e. The lowest BCUT2D eigenvalue weighted by Crippen LogP contribution is -2.37. The van der Waals surface area contributed by atoms with Crippen molar-refractivity contribution in [3.05, 3.63) is 0 Å². The van der Waals surface area contributed by atoms with E-state index in [1.807, 2.05) is 0 Å². The Kier molecular flexibility index (Phi) is 7.92. The average Bonchev–Trinajstić information content (AvgIpc) is 2.32. The van der Waals surface area contributed by atoms with Gasteiger partial charge in [-0.2, -0.15) is 0 Å². The van der Waals surface area contributed by atoms with Gasteiger partial charge in [0.25, 0.3) is 0 Å². The molecule has 108 valence electrons. The molecule has 18 heavy (non-hydrogen) atoms. The topological polar surface area (TPSA) is 24.1 Å². The van der Waals surface area contributed by atoms with Gasteiger partial charge in [0.05, 0.1) is 0 Å². The van der Waals surface area contributed by atoms with Gasteiger partial charge in [0, 0.05) is 5.54 Å². The van der Waals surface area contributed by atoms with Crippen LogP contribution < -0.4 is 10.6 Å². The molecule has 1 saturated carbocycles. The number of nitrogens with one attached hydrogen (secondary N) is 2. The van der Waals surface area contributed by atoms with Gasteiger partial charge in [-0.3, -0.25) is 0 Å². The van der Waals surface area contributed by atoms with Crippen molar-refractivity contribution < 1.29 is 0 Å². The van der Waals surface area contributed by atoms with E-state index < -0.39 is 0 Å². The molecule has 0 spiro atoms. The lowest BCUT2D eigenvalue weighted by molar-refractivity contribution is 0.330. The van der Waals surface area contributed by atoms with Crippen LogP contribution in [0.1, 0.15) is 72.1 Å². The molecule has 2 N–H and O–H groups in total. The molecule has 0 aromatic rings. The van der Waals surface area contributed by atoms with Crippen molar-refractivity contribution in [1.29, 1.82) is 0 Å². The summed E-state index contributed by atoms with van der Waals surface area (Å²) < 4.78 is 0. The highest BCUT2D eigenvalue weighted by molar-refractivity contribution is 4.70. The van der Waals surface area contributed by atoms with Crippen LogP contribution in [0.15, 0.2) is 0 Å². The molecule has 0 saturated heterocycles. The fraction of sp³-hybridized carbons (Fsp3) is 1.00. The fourth-order valence-corrected chi connectivity index (χ4v) is 2.79. The Morgan fingerprint density at radius 3 is 2.22 bits per heavy atom. The zero-order valence-electron chi connectivity index (χ0n) is 12.9. The van der Waals surface area contributed by atoms with Gasteiger partial charge < -0.3 is 10.6 Å². The monoisotopic (exact) mass is 254 g/mol. The van der Waals surface area contributed by atoms with E-state index in [4.69, 9.17) is 0 Å². The van der Waals surface area contributed by atoms with Gasteiger partial charge in [-0.1, -0.05) is 32.1 Å². The van der Waals surface area contributed by atoms with E-state index in [-0.39, 0.29) is 5.54 Å². The molecule has 0 aromatic carbocycles. The maximum atomic E-state index is 3.57. The largest absolute Gasteiger partial charge is 0.317 e. The maximum absolute atomic E-state index is 3.57. The highest BCUT2D eigenvalue weighted by Crippen LogP contribution is 2.26. The molecule has 1 fully saturated rings. The Balaban J connectivity index is 1.81. The summed E-state index contributed by atoms with van der Waals surface area (Å²) in [7, 11) is 0. The van der Waals surface area contributed by atoms with Crippen molar-refractivity contribution in [2.75, 3.05) is 19.6 Å². The molecule has 1 rings (SSSR count). The molecule has 0 heterocycles. The third-order valence-corrected chi connectivity index (χ3v) is 3.88. The van der Waals surface area contributed by atoms with Crippen LogP contribution in [0.25, 0.3) is 0 Å². The van der Waals surface area contributed by atoms with Crippen LogP contribution in [0.4, 0.5) is 0 Å². The lowest BCUT2D eigenvalue weighted by Gasteiger charge is -2.21. The van der Waals surface area contributed by atoms with Crippen molar-refractivity contribution in [3.8, 4) is 0 Å². The SMILES string of the molecule is CC(C)(C)NCCCNCCCC1CCCCC1. The second-order valence-corrected chi connectivity index (χ2v) is 6.93. The van der Waals surface area contributed by atoms with Crippen LogP contribution >= 0.6 is 0 Å².